The Morgan fingerprint density at radius 2 is 1.55 bits per heavy atom. The van der Waals surface area contributed by atoms with E-state index in [1.807, 2.05) is 0 Å². The third-order valence-electron chi connectivity index (χ3n) is 5.62. The van der Waals surface area contributed by atoms with Gasteiger partial charge in [-0.05, 0) is 23.8 Å². The van der Waals surface area contributed by atoms with Gasteiger partial charge in [-0.3, -0.25) is 9.59 Å². The molecule has 0 N–H and O–H groups in total. The first-order valence-electron chi connectivity index (χ1n) is 12.2. The number of halogens is 6. The fourth-order valence-corrected chi connectivity index (χ4v) is 3.67. The second kappa shape index (κ2) is 13.3. The van der Waals surface area contributed by atoms with Gasteiger partial charge in [-0.15, -0.1) is 0 Å². The van der Waals surface area contributed by atoms with E-state index in [0.29, 0.717) is 23.5 Å². The van der Waals surface area contributed by atoms with Gasteiger partial charge in [-0.2, -0.15) is 26.3 Å². The van der Waals surface area contributed by atoms with E-state index in [2.05, 4.69) is 15.0 Å². The van der Waals surface area contributed by atoms with Crippen molar-refractivity contribution in [3.8, 4) is 11.3 Å². The molecule has 0 saturated carbocycles. The van der Waals surface area contributed by atoms with Crippen LogP contribution in [0.3, 0.4) is 0 Å². The highest BCUT2D eigenvalue weighted by atomic mass is 19.4. The van der Waals surface area contributed by atoms with E-state index in [0.717, 1.165) is 11.3 Å². The minimum Gasteiger partial charge on any atom is -0.351 e. The van der Waals surface area contributed by atoms with Gasteiger partial charge in [0.15, 0.2) is 0 Å². The van der Waals surface area contributed by atoms with Crippen molar-refractivity contribution in [3.63, 3.8) is 0 Å². The van der Waals surface area contributed by atoms with E-state index in [9.17, 15) is 35.9 Å². The third kappa shape index (κ3) is 8.62. The van der Waals surface area contributed by atoms with Crippen molar-refractivity contribution in [1.29, 1.82) is 0 Å². The quantitative estimate of drug-likeness (QED) is 0.212. The van der Waals surface area contributed by atoms with E-state index in [4.69, 9.17) is 0 Å². The lowest BCUT2D eigenvalue weighted by Gasteiger charge is -2.21. The van der Waals surface area contributed by atoms with Crippen molar-refractivity contribution in [3.05, 3.63) is 102 Å². The summed E-state index contributed by atoms with van der Waals surface area (Å²) in [5.74, 6) is -0.289. The maximum Gasteiger partial charge on any atom is 0.416 e. The van der Waals surface area contributed by atoms with Crippen molar-refractivity contribution in [1.82, 2.24) is 29.3 Å². The number of hydrogen-bond acceptors (Lipinski definition) is 5. The van der Waals surface area contributed by atoms with Crippen LogP contribution >= 0.6 is 0 Å². The van der Waals surface area contributed by atoms with Crippen molar-refractivity contribution < 1.29 is 35.9 Å². The van der Waals surface area contributed by atoms with Gasteiger partial charge in [0, 0.05) is 51.8 Å². The van der Waals surface area contributed by atoms with Gasteiger partial charge in [-0.1, -0.05) is 30.3 Å². The molecule has 2 heterocycles. The summed E-state index contributed by atoms with van der Waals surface area (Å²) in [5.41, 5.74) is -2.30. The first kappa shape index (κ1) is 31.8. The maximum atomic E-state index is 13.3. The summed E-state index contributed by atoms with van der Waals surface area (Å²) in [6.07, 6.45) is -3.06. The molecular weight excluding hydrogens is 566 g/mol. The van der Waals surface area contributed by atoms with Gasteiger partial charge in [0.2, 0.25) is 6.41 Å². The van der Waals surface area contributed by atoms with E-state index in [1.54, 1.807) is 67.7 Å². The van der Waals surface area contributed by atoms with Crippen molar-refractivity contribution in [2.45, 2.75) is 25.4 Å². The third-order valence-corrected chi connectivity index (χ3v) is 5.62. The van der Waals surface area contributed by atoms with Gasteiger partial charge in [0.1, 0.15) is 5.82 Å². The Morgan fingerprint density at radius 3 is 2.05 bits per heavy atom. The van der Waals surface area contributed by atoms with Crippen molar-refractivity contribution in [2.75, 3.05) is 21.1 Å². The van der Waals surface area contributed by atoms with Crippen LogP contribution in [0.5, 0.6) is 0 Å². The van der Waals surface area contributed by atoms with Gasteiger partial charge < -0.3 is 14.4 Å². The van der Waals surface area contributed by atoms with Crippen LogP contribution in [0.2, 0.25) is 0 Å². The lowest BCUT2D eigenvalue weighted by atomic mass is 10.0. The predicted octanol–water partition coefficient (Wildman–Crippen LogP) is 5.40. The zero-order chi connectivity index (χ0) is 31.1. The monoisotopic (exact) mass is 592 g/mol. The maximum absolute atomic E-state index is 13.3. The zero-order valence-electron chi connectivity index (χ0n) is 22.7. The van der Waals surface area contributed by atoms with Crippen LogP contribution in [0.15, 0.2) is 73.4 Å². The fraction of sp³-hybridized carbons (Fsp3) is 0.250. The Balaban J connectivity index is 0.000000892. The number of imidazole rings is 1. The molecule has 42 heavy (non-hydrogen) atoms. The van der Waals surface area contributed by atoms with Crippen LogP contribution in [0.4, 0.5) is 26.3 Å². The number of nitrogens with zero attached hydrogens (tertiary/aromatic N) is 6. The molecule has 0 aliphatic carbocycles. The van der Waals surface area contributed by atoms with Crippen LogP contribution in [0.1, 0.15) is 32.9 Å². The molecule has 2 amide bonds. The van der Waals surface area contributed by atoms with Crippen molar-refractivity contribution in [2.24, 2.45) is 0 Å². The normalized spacial score (nSPS) is 11.4. The molecule has 4 rings (SSSR count). The summed E-state index contributed by atoms with van der Waals surface area (Å²) < 4.78 is 81.2. The van der Waals surface area contributed by atoms with Crippen LogP contribution in [0, 0.1) is 0 Å². The van der Waals surface area contributed by atoms with E-state index in [1.165, 1.54) is 18.1 Å². The summed E-state index contributed by atoms with van der Waals surface area (Å²) in [6.45, 7) is -0.231. The second-order valence-corrected chi connectivity index (χ2v) is 9.29. The molecule has 0 atom stereocenters. The molecule has 0 spiro atoms. The first-order valence-corrected chi connectivity index (χ1v) is 12.2. The predicted molar refractivity (Wildman–Crippen MR) is 141 cm³/mol. The summed E-state index contributed by atoms with van der Waals surface area (Å²) in [5, 5.41) is 0. The zero-order valence-corrected chi connectivity index (χ0v) is 22.7. The molecule has 222 valence electrons. The average molecular weight is 593 g/mol. The standard InChI is InChI=1S/C25H19F6N5O.C3H7NO/c1-35(13-16-9-18(24(26,27)28)11-19(10-16)25(29,30)31)23(37)20-12-33-21(14-36-8-7-32-15-36)34-22(20)17-5-3-2-4-6-17;1-4(2)3-5/h2-12,15H,13-14H2,1H3;3H,1-2H3. The molecule has 4 aromatic rings. The largest absolute Gasteiger partial charge is 0.416 e. The van der Waals surface area contributed by atoms with Gasteiger partial charge in [-0.25, -0.2) is 15.0 Å². The number of benzene rings is 2. The molecule has 0 saturated heterocycles. The highest BCUT2D eigenvalue weighted by molar-refractivity contribution is 5.99. The van der Waals surface area contributed by atoms with Gasteiger partial charge >= 0.3 is 12.4 Å². The number of rotatable bonds is 7. The minimum atomic E-state index is -4.99. The highest BCUT2D eigenvalue weighted by Gasteiger charge is 2.37. The molecule has 0 unspecified atom stereocenters. The number of hydrogen-bond donors (Lipinski definition) is 0. The van der Waals surface area contributed by atoms with Crippen LogP contribution in [-0.4, -0.2) is 62.8 Å². The Kier molecular flexibility index (Phi) is 10.0. The molecule has 0 aliphatic rings. The molecule has 14 heteroatoms. The first-order chi connectivity index (χ1) is 19.7. The summed E-state index contributed by atoms with van der Waals surface area (Å²) >= 11 is 0. The number of amides is 2. The summed E-state index contributed by atoms with van der Waals surface area (Å²) in [4.78, 5) is 37.9. The Labute approximate surface area is 237 Å². The molecule has 0 aliphatic heterocycles. The number of alkyl halides is 6. The molecule has 8 nitrogen and oxygen atoms in total. The molecule has 0 radical (unpaired) electrons. The Morgan fingerprint density at radius 1 is 0.952 bits per heavy atom. The van der Waals surface area contributed by atoms with Crippen LogP contribution in [-0.2, 0) is 30.2 Å². The van der Waals surface area contributed by atoms with E-state index >= 15 is 0 Å². The molecule has 2 aromatic heterocycles. The number of carbonyl (C=O) groups excluding carboxylic acids is 2. The average Bonchev–Trinajstić information content (AvgIpc) is 3.45. The fourth-order valence-electron chi connectivity index (χ4n) is 3.67. The lowest BCUT2D eigenvalue weighted by molar-refractivity contribution is -0.143. The van der Waals surface area contributed by atoms with Crippen LogP contribution < -0.4 is 0 Å². The van der Waals surface area contributed by atoms with Gasteiger partial charge in [0.25, 0.3) is 5.91 Å². The lowest BCUT2D eigenvalue weighted by Crippen LogP contribution is -2.28. The number of carbonyl (C=O) groups is 2. The van der Waals surface area contributed by atoms with E-state index < -0.39 is 35.9 Å². The minimum absolute atomic E-state index is 0.0473. The topological polar surface area (TPSA) is 84.2 Å². The SMILES string of the molecule is CN(C)C=O.CN(Cc1cc(C(F)(F)F)cc(C(F)(F)F)c1)C(=O)c1cnc(Cn2ccnc2)nc1-c1ccccc1. The van der Waals surface area contributed by atoms with Crippen molar-refractivity contribution >= 4 is 12.3 Å². The highest BCUT2D eigenvalue weighted by Crippen LogP contribution is 2.36. The Bertz CT molecular complexity index is 1460. The second-order valence-electron chi connectivity index (χ2n) is 9.29. The Hall–Kier alpha value is -4.75. The smallest absolute Gasteiger partial charge is 0.351 e. The van der Waals surface area contributed by atoms with Gasteiger partial charge in [0.05, 0.1) is 35.3 Å². The molecule has 0 fully saturated rings. The van der Waals surface area contributed by atoms with Crippen LogP contribution in [0.25, 0.3) is 11.3 Å². The summed E-state index contributed by atoms with van der Waals surface area (Å²) in [7, 11) is 4.66. The van der Waals surface area contributed by atoms with E-state index in [-0.39, 0.29) is 29.4 Å². The molecular formula is C28H26F6N6O2. The molecule has 2 aromatic carbocycles. The number of aromatic nitrogens is 4. The molecule has 0 bridgehead atoms. The summed E-state index contributed by atoms with van der Waals surface area (Å²) in [6, 6.07) is 9.95.